The van der Waals surface area contributed by atoms with Gasteiger partial charge in [-0.25, -0.2) is 0 Å². The third-order valence-electron chi connectivity index (χ3n) is 4.75. The van der Waals surface area contributed by atoms with Crippen LogP contribution >= 0.6 is 11.6 Å². The third kappa shape index (κ3) is 3.39. The largest absolute Gasteiger partial charge is 0.506 e. The number of carbonyl (C=O) groups is 1. The minimum absolute atomic E-state index is 0.0190. The van der Waals surface area contributed by atoms with E-state index in [-0.39, 0.29) is 16.7 Å². The monoisotopic (exact) mass is 322 g/mol. The van der Waals surface area contributed by atoms with Crippen LogP contribution in [0.1, 0.15) is 42.5 Å². The number of hydrogen-bond acceptors (Lipinski definition) is 3. The fourth-order valence-electron chi connectivity index (χ4n) is 3.53. The van der Waals surface area contributed by atoms with E-state index in [1.807, 2.05) is 4.90 Å². The van der Waals surface area contributed by atoms with Gasteiger partial charge in [0.25, 0.3) is 5.91 Å². The first-order valence-corrected chi connectivity index (χ1v) is 8.55. The molecule has 1 aromatic carbocycles. The molecular formula is C17H23ClN2O2. The molecule has 0 unspecified atom stereocenters. The number of likely N-dealkylation sites (tertiary alicyclic amines) is 2. The van der Waals surface area contributed by atoms with Crippen LogP contribution in [0.3, 0.4) is 0 Å². The summed E-state index contributed by atoms with van der Waals surface area (Å²) in [6.07, 6.45) is 5.88. The molecule has 0 bridgehead atoms. The van der Waals surface area contributed by atoms with Crippen LogP contribution in [0.2, 0.25) is 5.02 Å². The van der Waals surface area contributed by atoms with Crippen molar-refractivity contribution in [2.45, 2.75) is 38.1 Å². The fourth-order valence-corrected chi connectivity index (χ4v) is 3.71. The minimum Gasteiger partial charge on any atom is -0.506 e. The summed E-state index contributed by atoms with van der Waals surface area (Å²) in [5.74, 6) is 0.0521. The van der Waals surface area contributed by atoms with Crippen LogP contribution in [-0.2, 0) is 0 Å². The maximum atomic E-state index is 12.8. The molecule has 1 aromatic rings. The lowest BCUT2D eigenvalue weighted by molar-refractivity contribution is 0.0560. The highest BCUT2D eigenvalue weighted by Crippen LogP contribution is 2.27. The van der Waals surface area contributed by atoms with E-state index >= 15 is 0 Å². The maximum absolute atomic E-state index is 12.8. The Labute approximate surface area is 136 Å². The molecule has 1 atom stereocenters. The van der Waals surface area contributed by atoms with E-state index in [4.69, 9.17) is 11.6 Å². The number of phenolic OH excluding ortho intramolecular Hbond substituents is 1. The van der Waals surface area contributed by atoms with Crippen molar-refractivity contribution in [1.29, 1.82) is 0 Å². The van der Waals surface area contributed by atoms with Gasteiger partial charge in [-0.05, 0) is 63.4 Å². The van der Waals surface area contributed by atoms with E-state index < -0.39 is 0 Å². The van der Waals surface area contributed by atoms with E-state index in [1.54, 1.807) is 12.1 Å². The summed E-state index contributed by atoms with van der Waals surface area (Å²) in [6, 6.07) is 5.02. The van der Waals surface area contributed by atoms with Gasteiger partial charge in [0.1, 0.15) is 5.75 Å². The Morgan fingerprint density at radius 2 is 1.91 bits per heavy atom. The van der Waals surface area contributed by atoms with Crippen molar-refractivity contribution in [2.75, 3.05) is 26.2 Å². The number of rotatable bonds is 3. The molecule has 0 aliphatic carbocycles. The highest BCUT2D eigenvalue weighted by Gasteiger charge is 2.29. The van der Waals surface area contributed by atoms with Gasteiger partial charge in [0.05, 0.1) is 5.02 Å². The first kappa shape index (κ1) is 15.6. The zero-order valence-electron chi connectivity index (χ0n) is 12.8. The number of halogens is 1. The standard InChI is InChI=1S/C17H23ClN2O2/c18-15-11-13(6-7-16(15)21)17(22)20-10-2-1-5-14(20)12-19-8-3-4-9-19/h6-7,11,14,21H,1-5,8-10,12H2/t14-/m1/s1. The van der Waals surface area contributed by atoms with Crippen LogP contribution in [0.25, 0.3) is 0 Å². The van der Waals surface area contributed by atoms with Crippen LogP contribution in [-0.4, -0.2) is 53.0 Å². The summed E-state index contributed by atoms with van der Waals surface area (Å²) in [4.78, 5) is 17.3. The summed E-state index contributed by atoms with van der Waals surface area (Å²) in [7, 11) is 0. The Bertz CT molecular complexity index is 543. The van der Waals surface area contributed by atoms with Crippen molar-refractivity contribution in [3.8, 4) is 5.75 Å². The molecule has 2 fully saturated rings. The zero-order valence-corrected chi connectivity index (χ0v) is 13.6. The van der Waals surface area contributed by atoms with Gasteiger partial charge >= 0.3 is 0 Å². The molecule has 1 amide bonds. The number of amides is 1. The Morgan fingerprint density at radius 3 is 2.64 bits per heavy atom. The summed E-state index contributed by atoms with van der Waals surface area (Å²) >= 11 is 5.94. The van der Waals surface area contributed by atoms with Crippen molar-refractivity contribution in [3.63, 3.8) is 0 Å². The van der Waals surface area contributed by atoms with Crippen molar-refractivity contribution in [1.82, 2.24) is 9.80 Å². The second-order valence-corrected chi connectivity index (χ2v) is 6.73. The second kappa shape index (κ2) is 6.88. The van der Waals surface area contributed by atoms with Gasteiger partial charge in [-0.1, -0.05) is 11.6 Å². The SMILES string of the molecule is O=C(c1ccc(O)c(Cl)c1)N1CCCC[C@@H]1CN1CCCC1. The van der Waals surface area contributed by atoms with E-state index in [0.717, 1.165) is 39.0 Å². The average Bonchev–Trinajstić information content (AvgIpc) is 3.03. The van der Waals surface area contributed by atoms with Gasteiger partial charge < -0.3 is 14.9 Å². The maximum Gasteiger partial charge on any atom is 0.254 e. The van der Waals surface area contributed by atoms with E-state index in [9.17, 15) is 9.90 Å². The Morgan fingerprint density at radius 1 is 1.18 bits per heavy atom. The Balaban J connectivity index is 1.73. The van der Waals surface area contributed by atoms with Crippen LogP contribution < -0.4 is 0 Å². The van der Waals surface area contributed by atoms with Gasteiger partial charge in [-0.3, -0.25) is 4.79 Å². The lowest BCUT2D eigenvalue weighted by Crippen LogP contribution is -2.49. The molecule has 22 heavy (non-hydrogen) atoms. The highest BCUT2D eigenvalue weighted by molar-refractivity contribution is 6.32. The molecule has 1 N–H and O–H groups in total. The van der Waals surface area contributed by atoms with E-state index in [1.165, 1.54) is 25.3 Å². The number of aromatic hydroxyl groups is 1. The molecule has 2 aliphatic rings. The van der Waals surface area contributed by atoms with E-state index in [2.05, 4.69) is 4.90 Å². The molecule has 2 saturated heterocycles. The van der Waals surface area contributed by atoms with Crippen LogP contribution in [0, 0.1) is 0 Å². The lowest BCUT2D eigenvalue weighted by Gasteiger charge is -2.38. The van der Waals surface area contributed by atoms with Gasteiger partial charge in [-0.15, -0.1) is 0 Å². The number of carbonyl (C=O) groups excluding carboxylic acids is 1. The summed E-state index contributed by atoms with van der Waals surface area (Å²) in [5.41, 5.74) is 0.566. The van der Waals surface area contributed by atoms with Gasteiger partial charge in [0.15, 0.2) is 0 Å². The highest BCUT2D eigenvalue weighted by atomic mass is 35.5. The first-order valence-electron chi connectivity index (χ1n) is 8.17. The number of hydrogen-bond donors (Lipinski definition) is 1. The normalized spacial score (nSPS) is 23.0. The Hall–Kier alpha value is -1.26. The molecule has 0 saturated carbocycles. The molecule has 5 heteroatoms. The predicted molar refractivity (Wildman–Crippen MR) is 87.5 cm³/mol. The van der Waals surface area contributed by atoms with Crippen molar-refractivity contribution in [2.24, 2.45) is 0 Å². The fraction of sp³-hybridized carbons (Fsp3) is 0.588. The summed E-state index contributed by atoms with van der Waals surface area (Å²) in [6.45, 7) is 4.11. The molecular weight excluding hydrogens is 300 g/mol. The van der Waals surface area contributed by atoms with Crippen LogP contribution in [0.15, 0.2) is 18.2 Å². The molecule has 120 valence electrons. The smallest absolute Gasteiger partial charge is 0.254 e. The first-order chi connectivity index (χ1) is 10.6. The average molecular weight is 323 g/mol. The molecule has 2 heterocycles. The zero-order chi connectivity index (χ0) is 15.5. The molecule has 0 aromatic heterocycles. The van der Waals surface area contributed by atoms with Crippen molar-refractivity contribution in [3.05, 3.63) is 28.8 Å². The molecule has 0 spiro atoms. The number of benzene rings is 1. The van der Waals surface area contributed by atoms with Gasteiger partial charge in [0.2, 0.25) is 0 Å². The van der Waals surface area contributed by atoms with Crippen LogP contribution in [0.5, 0.6) is 5.75 Å². The van der Waals surface area contributed by atoms with E-state index in [0.29, 0.717) is 11.6 Å². The molecule has 4 nitrogen and oxygen atoms in total. The number of nitrogens with zero attached hydrogens (tertiary/aromatic N) is 2. The van der Waals surface area contributed by atoms with Crippen LogP contribution in [0.4, 0.5) is 0 Å². The summed E-state index contributed by atoms with van der Waals surface area (Å²) in [5, 5.41) is 9.75. The van der Waals surface area contributed by atoms with Gasteiger partial charge in [-0.2, -0.15) is 0 Å². The minimum atomic E-state index is 0.0190. The number of phenols is 1. The quantitative estimate of drug-likeness (QED) is 0.929. The number of piperidine rings is 1. The van der Waals surface area contributed by atoms with Gasteiger partial charge in [0, 0.05) is 24.7 Å². The second-order valence-electron chi connectivity index (χ2n) is 6.32. The molecule has 3 rings (SSSR count). The topological polar surface area (TPSA) is 43.8 Å². The lowest BCUT2D eigenvalue weighted by atomic mass is 10.00. The molecule has 0 radical (unpaired) electrons. The predicted octanol–water partition coefficient (Wildman–Crippen LogP) is 3.14. The molecule has 2 aliphatic heterocycles. The summed E-state index contributed by atoms with van der Waals surface area (Å²) < 4.78 is 0. The Kier molecular flexibility index (Phi) is 4.89. The van der Waals surface area contributed by atoms with Crippen molar-refractivity contribution >= 4 is 17.5 Å². The third-order valence-corrected chi connectivity index (χ3v) is 5.05. The van der Waals surface area contributed by atoms with Crippen molar-refractivity contribution < 1.29 is 9.90 Å².